The first kappa shape index (κ1) is 16.1. The zero-order valence-electron chi connectivity index (χ0n) is 13.5. The Balaban J connectivity index is 2.67. The number of hydrogen-bond acceptors (Lipinski definition) is 3. The van der Waals surface area contributed by atoms with Crippen molar-refractivity contribution in [2.75, 3.05) is 20.8 Å². The monoisotopic (exact) mass is 295 g/mol. The summed E-state index contributed by atoms with van der Waals surface area (Å²) < 4.78 is 25.4. The molecular formula is C17H26FNO2. The molecule has 0 saturated heterocycles. The van der Waals surface area contributed by atoms with Gasteiger partial charge in [-0.15, -0.1) is 0 Å². The van der Waals surface area contributed by atoms with Crippen LogP contribution in [-0.4, -0.2) is 20.8 Å². The number of hydrogen-bond donors (Lipinski definition) is 1. The van der Waals surface area contributed by atoms with Gasteiger partial charge in [0.2, 0.25) is 0 Å². The number of alkyl halides is 1. The molecule has 118 valence electrons. The Kier molecular flexibility index (Phi) is 4.47. The first-order chi connectivity index (χ1) is 9.88. The van der Waals surface area contributed by atoms with Gasteiger partial charge in [-0.25, -0.2) is 4.39 Å². The van der Waals surface area contributed by atoms with Crippen molar-refractivity contribution in [2.45, 2.75) is 50.6 Å². The van der Waals surface area contributed by atoms with Crippen LogP contribution in [0.25, 0.3) is 0 Å². The Labute approximate surface area is 126 Å². The second-order valence-electron chi connectivity index (χ2n) is 6.42. The lowest BCUT2D eigenvalue weighted by atomic mass is 9.77. The molecule has 1 aromatic rings. The summed E-state index contributed by atoms with van der Waals surface area (Å²) in [6.07, 6.45) is 4.32. The molecule has 1 fully saturated rings. The fourth-order valence-corrected chi connectivity index (χ4v) is 3.34. The second-order valence-corrected chi connectivity index (χ2v) is 6.42. The van der Waals surface area contributed by atoms with Crippen molar-refractivity contribution in [2.24, 2.45) is 5.73 Å². The normalized spacial score (nSPS) is 17.8. The van der Waals surface area contributed by atoms with Crippen LogP contribution in [0.5, 0.6) is 11.5 Å². The van der Waals surface area contributed by atoms with E-state index in [2.05, 4.69) is 0 Å². The zero-order chi connectivity index (χ0) is 15.7. The molecule has 1 aliphatic carbocycles. The van der Waals surface area contributed by atoms with E-state index in [4.69, 9.17) is 15.2 Å². The largest absolute Gasteiger partial charge is 0.493 e. The van der Waals surface area contributed by atoms with E-state index in [0.29, 0.717) is 23.6 Å². The average molecular weight is 295 g/mol. The summed E-state index contributed by atoms with van der Waals surface area (Å²) >= 11 is 0. The van der Waals surface area contributed by atoms with E-state index in [0.717, 1.165) is 31.2 Å². The van der Waals surface area contributed by atoms with Gasteiger partial charge in [-0.2, -0.15) is 0 Å². The third kappa shape index (κ3) is 2.86. The Bertz CT molecular complexity index is 502. The fourth-order valence-electron chi connectivity index (χ4n) is 3.34. The lowest BCUT2D eigenvalue weighted by molar-refractivity contribution is 0.219. The number of benzene rings is 1. The lowest BCUT2D eigenvalue weighted by Crippen LogP contribution is -2.33. The molecule has 4 heteroatoms. The third-order valence-electron chi connectivity index (χ3n) is 4.69. The number of nitrogens with two attached hydrogens (primary N) is 1. The number of methoxy groups -OCH3 is 2. The molecule has 2 N–H and O–H groups in total. The molecular weight excluding hydrogens is 269 g/mol. The fraction of sp³-hybridized carbons (Fsp3) is 0.647. The van der Waals surface area contributed by atoms with Gasteiger partial charge >= 0.3 is 0 Å². The van der Waals surface area contributed by atoms with E-state index < -0.39 is 5.67 Å². The van der Waals surface area contributed by atoms with E-state index in [1.807, 2.05) is 6.07 Å². The predicted octanol–water partition coefficient (Wildman–Crippen LogP) is 3.68. The zero-order valence-corrected chi connectivity index (χ0v) is 13.5. The van der Waals surface area contributed by atoms with E-state index in [-0.39, 0.29) is 5.41 Å². The Morgan fingerprint density at radius 1 is 1.19 bits per heavy atom. The summed E-state index contributed by atoms with van der Waals surface area (Å²) in [6.45, 7) is 3.66. The molecule has 1 aliphatic rings. The molecule has 1 aromatic carbocycles. The summed E-state index contributed by atoms with van der Waals surface area (Å²) in [7, 11) is 3.21. The standard InChI is InChI=1S/C17H26FNO2/c1-16(2,18)12-9-13(15(21-4)14(10-12)20-3)17(11-19)7-5-6-8-17/h9-10H,5-8,11,19H2,1-4H3. The SMILES string of the molecule is COc1cc(C(C)(C)F)cc(C2(CN)CCCC2)c1OC. The van der Waals surface area contributed by atoms with Crippen LogP contribution in [0, 0.1) is 0 Å². The molecule has 0 unspecified atom stereocenters. The molecule has 0 atom stereocenters. The minimum absolute atomic E-state index is 0.125. The molecule has 0 bridgehead atoms. The van der Waals surface area contributed by atoms with E-state index in [1.165, 1.54) is 0 Å². The molecule has 0 radical (unpaired) electrons. The highest BCUT2D eigenvalue weighted by Crippen LogP contribution is 2.48. The predicted molar refractivity (Wildman–Crippen MR) is 82.9 cm³/mol. The minimum atomic E-state index is -1.43. The maximum absolute atomic E-state index is 14.4. The van der Waals surface area contributed by atoms with Crippen molar-refractivity contribution in [1.29, 1.82) is 0 Å². The summed E-state index contributed by atoms with van der Waals surface area (Å²) in [6, 6.07) is 3.64. The molecule has 0 aliphatic heterocycles. The van der Waals surface area contributed by atoms with Crippen molar-refractivity contribution in [1.82, 2.24) is 0 Å². The van der Waals surface area contributed by atoms with Gasteiger partial charge in [-0.3, -0.25) is 0 Å². The third-order valence-corrected chi connectivity index (χ3v) is 4.69. The van der Waals surface area contributed by atoms with Crippen molar-refractivity contribution >= 4 is 0 Å². The highest BCUT2D eigenvalue weighted by molar-refractivity contribution is 5.54. The quantitative estimate of drug-likeness (QED) is 0.901. The summed E-state index contributed by atoms with van der Waals surface area (Å²) in [4.78, 5) is 0. The highest BCUT2D eigenvalue weighted by Gasteiger charge is 2.39. The molecule has 21 heavy (non-hydrogen) atoms. The summed E-state index contributed by atoms with van der Waals surface area (Å²) in [5, 5.41) is 0. The van der Waals surface area contributed by atoms with Crippen LogP contribution >= 0.6 is 0 Å². The maximum Gasteiger partial charge on any atom is 0.164 e. The van der Waals surface area contributed by atoms with Crippen LogP contribution in [0.3, 0.4) is 0 Å². The minimum Gasteiger partial charge on any atom is -0.493 e. The van der Waals surface area contributed by atoms with Crippen LogP contribution in [0.1, 0.15) is 50.7 Å². The molecule has 0 aromatic heterocycles. The van der Waals surface area contributed by atoms with Crippen LogP contribution in [0.4, 0.5) is 4.39 Å². The smallest absolute Gasteiger partial charge is 0.164 e. The highest BCUT2D eigenvalue weighted by atomic mass is 19.1. The summed E-state index contributed by atoms with van der Waals surface area (Å²) in [5.41, 5.74) is 6.13. The van der Waals surface area contributed by atoms with E-state index >= 15 is 0 Å². The molecule has 0 amide bonds. The molecule has 0 heterocycles. The van der Waals surface area contributed by atoms with Crippen LogP contribution in [0.15, 0.2) is 12.1 Å². The van der Waals surface area contributed by atoms with E-state index in [1.54, 1.807) is 34.1 Å². The van der Waals surface area contributed by atoms with Crippen molar-refractivity contribution in [3.05, 3.63) is 23.3 Å². The number of halogens is 1. The van der Waals surface area contributed by atoms with E-state index in [9.17, 15) is 4.39 Å². The van der Waals surface area contributed by atoms with Crippen LogP contribution < -0.4 is 15.2 Å². The first-order valence-corrected chi connectivity index (χ1v) is 7.54. The Morgan fingerprint density at radius 2 is 1.81 bits per heavy atom. The number of rotatable bonds is 5. The van der Waals surface area contributed by atoms with Gasteiger partial charge in [0.25, 0.3) is 0 Å². The molecule has 0 spiro atoms. The molecule has 1 saturated carbocycles. The van der Waals surface area contributed by atoms with Crippen LogP contribution in [-0.2, 0) is 11.1 Å². The average Bonchev–Trinajstić information content (AvgIpc) is 2.94. The van der Waals surface area contributed by atoms with Gasteiger partial charge in [0.15, 0.2) is 11.5 Å². The van der Waals surface area contributed by atoms with Gasteiger partial charge in [-0.05, 0) is 44.4 Å². The molecule has 2 rings (SSSR count). The lowest BCUT2D eigenvalue weighted by Gasteiger charge is -2.32. The first-order valence-electron chi connectivity index (χ1n) is 7.54. The number of ether oxygens (including phenoxy) is 2. The molecule has 3 nitrogen and oxygen atoms in total. The van der Waals surface area contributed by atoms with Crippen molar-refractivity contribution < 1.29 is 13.9 Å². The summed E-state index contributed by atoms with van der Waals surface area (Å²) in [5.74, 6) is 1.27. The van der Waals surface area contributed by atoms with Gasteiger partial charge in [-0.1, -0.05) is 12.8 Å². The van der Waals surface area contributed by atoms with Crippen molar-refractivity contribution in [3.63, 3.8) is 0 Å². The second kappa shape index (κ2) is 5.84. The maximum atomic E-state index is 14.4. The van der Waals surface area contributed by atoms with Gasteiger partial charge in [0, 0.05) is 17.5 Å². The topological polar surface area (TPSA) is 44.5 Å². The Hall–Kier alpha value is -1.29. The Morgan fingerprint density at radius 3 is 2.24 bits per heavy atom. The van der Waals surface area contributed by atoms with Gasteiger partial charge in [0.1, 0.15) is 5.67 Å². The van der Waals surface area contributed by atoms with Crippen LogP contribution in [0.2, 0.25) is 0 Å². The van der Waals surface area contributed by atoms with Gasteiger partial charge in [0.05, 0.1) is 14.2 Å². The van der Waals surface area contributed by atoms with Gasteiger partial charge < -0.3 is 15.2 Å². The van der Waals surface area contributed by atoms with Crippen molar-refractivity contribution in [3.8, 4) is 11.5 Å².